The number of hydrogen-bond donors (Lipinski definition) is 0. The van der Waals surface area contributed by atoms with Crippen molar-refractivity contribution in [3.8, 4) is 11.5 Å². The molecule has 114 valence electrons. The normalized spacial score (nSPS) is 11.2. The topological polar surface area (TPSA) is 65.0 Å². The van der Waals surface area contributed by atoms with Crippen molar-refractivity contribution in [2.24, 2.45) is 0 Å². The van der Waals surface area contributed by atoms with E-state index in [1.165, 1.54) is 0 Å². The molecule has 0 radical (unpaired) electrons. The van der Waals surface area contributed by atoms with E-state index in [1.54, 1.807) is 0 Å². The Morgan fingerprint density at radius 2 is 1.86 bits per heavy atom. The lowest BCUT2D eigenvalue weighted by Crippen LogP contribution is -1.90. The molecule has 2 heterocycles. The Balaban J connectivity index is 1.55. The summed E-state index contributed by atoms with van der Waals surface area (Å²) in [5, 5.41) is 12.3. The van der Waals surface area contributed by atoms with Crippen LogP contribution in [0.3, 0.4) is 0 Å². The first-order chi connectivity index (χ1) is 10.7. The molecule has 0 unspecified atom stereocenters. The molecule has 0 fully saturated rings. The molecular formula is C17H19N3O2. The molecule has 0 aliphatic heterocycles. The molecule has 2 aromatic heterocycles. The fraction of sp³-hybridized carbons (Fsp3) is 0.353. The molecule has 3 aromatic rings. The van der Waals surface area contributed by atoms with Crippen LogP contribution in [0.4, 0.5) is 0 Å². The predicted octanol–water partition coefficient (Wildman–Crippen LogP) is 4.02. The average molecular weight is 297 g/mol. The maximum Gasteiger partial charge on any atom is 0.247 e. The van der Waals surface area contributed by atoms with Crippen molar-refractivity contribution >= 4 is 0 Å². The van der Waals surface area contributed by atoms with Gasteiger partial charge in [0.1, 0.15) is 5.76 Å². The van der Waals surface area contributed by atoms with Crippen molar-refractivity contribution in [2.45, 2.75) is 39.0 Å². The van der Waals surface area contributed by atoms with Crippen LogP contribution in [0.2, 0.25) is 0 Å². The third-order valence-electron chi connectivity index (χ3n) is 3.46. The number of aryl methyl sites for hydroxylation is 2. The summed E-state index contributed by atoms with van der Waals surface area (Å²) in [4.78, 5) is 0. The zero-order chi connectivity index (χ0) is 15.4. The SMILES string of the molecule is CC(C)c1cc(CCCc2nnc(-c3ccccc3)o2)no1. The van der Waals surface area contributed by atoms with Gasteiger partial charge in [-0.25, -0.2) is 0 Å². The molecule has 0 aliphatic rings. The minimum atomic E-state index is 0.366. The van der Waals surface area contributed by atoms with Crippen LogP contribution < -0.4 is 0 Å². The van der Waals surface area contributed by atoms with Gasteiger partial charge >= 0.3 is 0 Å². The molecule has 1 aromatic carbocycles. The molecule has 5 nitrogen and oxygen atoms in total. The van der Waals surface area contributed by atoms with Crippen LogP contribution in [-0.2, 0) is 12.8 Å². The largest absolute Gasteiger partial charge is 0.421 e. The first kappa shape index (κ1) is 14.5. The van der Waals surface area contributed by atoms with Gasteiger partial charge in [-0.05, 0) is 25.0 Å². The first-order valence-corrected chi connectivity index (χ1v) is 7.55. The summed E-state index contributed by atoms with van der Waals surface area (Å²) in [7, 11) is 0. The first-order valence-electron chi connectivity index (χ1n) is 7.55. The van der Waals surface area contributed by atoms with Gasteiger partial charge < -0.3 is 8.94 Å². The van der Waals surface area contributed by atoms with Crippen molar-refractivity contribution in [1.29, 1.82) is 0 Å². The number of nitrogens with zero attached hydrogens (tertiary/aromatic N) is 3. The third-order valence-corrected chi connectivity index (χ3v) is 3.46. The number of hydrogen-bond acceptors (Lipinski definition) is 5. The quantitative estimate of drug-likeness (QED) is 0.687. The Morgan fingerprint density at radius 3 is 2.59 bits per heavy atom. The van der Waals surface area contributed by atoms with E-state index in [2.05, 4.69) is 29.2 Å². The van der Waals surface area contributed by atoms with E-state index >= 15 is 0 Å². The molecular weight excluding hydrogens is 278 g/mol. The molecule has 0 N–H and O–H groups in total. The van der Waals surface area contributed by atoms with E-state index in [1.807, 2.05) is 36.4 Å². The van der Waals surface area contributed by atoms with Crippen LogP contribution in [0, 0.1) is 0 Å². The third kappa shape index (κ3) is 3.42. The Bertz CT molecular complexity index is 716. The fourth-order valence-electron chi connectivity index (χ4n) is 2.19. The van der Waals surface area contributed by atoms with E-state index in [-0.39, 0.29) is 0 Å². The summed E-state index contributed by atoms with van der Waals surface area (Å²) in [6.45, 7) is 4.18. The van der Waals surface area contributed by atoms with Gasteiger partial charge in [0.2, 0.25) is 11.8 Å². The second kappa shape index (κ2) is 6.56. The lowest BCUT2D eigenvalue weighted by Gasteiger charge is -1.95. The van der Waals surface area contributed by atoms with E-state index in [9.17, 15) is 0 Å². The fourth-order valence-corrected chi connectivity index (χ4v) is 2.19. The lowest BCUT2D eigenvalue weighted by atomic mass is 10.1. The van der Waals surface area contributed by atoms with Crippen molar-refractivity contribution in [2.75, 3.05) is 0 Å². The highest BCUT2D eigenvalue weighted by molar-refractivity contribution is 5.51. The van der Waals surface area contributed by atoms with Gasteiger partial charge in [-0.15, -0.1) is 10.2 Å². The van der Waals surface area contributed by atoms with Gasteiger partial charge in [0.25, 0.3) is 0 Å². The standard InChI is InChI=1S/C17H19N3O2/c1-12(2)15-11-14(20-22-15)9-6-10-16-18-19-17(21-16)13-7-4-3-5-8-13/h3-5,7-8,11-12H,6,9-10H2,1-2H3. The summed E-state index contributed by atoms with van der Waals surface area (Å²) < 4.78 is 11.0. The number of benzene rings is 1. The number of aromatic nitrogens is 3. The highest BCUT2D eigenvalue weighted by Crippen LogP contribution is 2.19. The Morgan fingerprint density at radius 1 is 1.05 bits per heavy atom. The summed E-state index contributed by atoms with van der Waals surface area (Å²) in [5.74, 6) is 2.52. The molecule has 0 saturated carbocycles. The van der Waals surface area contributed by atoms with Crippen LogP contribution in [0.15, 0.2) is 45.3 Å². The van der Waals surface area contributed by atoms with Crippen molar-refractivity contribution in [3.63, 3.8) is 0 Å². The molecule has 0 spiro atoms. The molecule has 0 aliphatic carbocycles. The maximum absolute atomic E-state index is 5.69. The second-order valence-electron chi connectivity index (χ2n) is 5.60. The van der Waals surface area contributed by atoms with E-state index < -0.39 is 0 Å². The Hall–Kier alpha value is -2.43. The van der Waals surface area contributed by atoms with Crippen LogP contribution in [0.1, 0.15) is 43.5 Å². The molecule has 0 saturated heterocycles. The lowest BCUT2D eigenvalue weighted by molar-refractivity contribution is 0.365. The number of rotatable bonds is 6. The minimum Gasteiger partial charge on any atom is -0.421 e. The summed E-state index contributed by atoms with van der Waals surface area (Å²) >= 11 is 0. The van der Waals surface area contributed by atoms with E-state index in [0.29, 0.717) is 17.7 Å². The molecule has 0 amide bonds. The molecule has 0 bridgehead atoms. The molecule has 0 atom stereocenters. The van der Waals surface area contributed by atoms with Crippen molar-refractivity contribution in [1.82, 2.24) is 15.4 Å². The summed E-state index contributed by atoms with van der Waals surface area (Å²) in [6.07, 6.45) is 2.49. The molecule has 22 heavy (non-hydrogen) atoms. The van der Waals surface area contributed by atoms with Gasteiger partial charge in [0, 0.05) is 24.0 Å². The van der Waals surface area contributed by atoms with E-state index in [0.717, 1.165) is 36.3 Å². The van der Waals surface area contributed by atoms with Crippen LogP contribution in [-0.4, -0.2) is 15.4 Å². The highest BCUT2D eigenvalue weighted by Gasteiger charge is 2.10. The smallest absolute Gasteiger partial charge is 0.247 e. The van der Waals surface area contributed by atoms with Gasteiger partial charge in [-0.2, -0.15) is 0 Å². The van der Waals surface area contributed by atoms with Crippen molar-refractivity contribution < 1.29 is 8.94 Å². The summed E-state index contributed by atoms with van der Waals surface area (Å²) in [6, 6.07) is 11.8. The molecule has 5 heteroatoms. The van der Waals surface area contributed by atoms with Crippen LogP contribution >= 0.6 is 0 Å². The second-order valence-corrected chi connectivity index (χ2v) is 5.60. The van der Waals surface area contributed by atoms with Gasteiger partial charge in [0.05, 0.1) is 5.69 Å². The predicted molar refractivity (Wildman–Crippen MR) is 82.4 cm³/mol. The van der Waals surface area contributed by atoms with Crippen molar-refractivity contribution in [3.05, 3.63) is 53.7 Å². The Labute approximate surface area is 129 Å². The van der Waals surface area contributed by atoms with E-state index in [4.69, 9.17) is 8.94 Å². The van der Waals surface area contributed by atoms with Gasteiger partial charge in [0.15, 0.2) is 0 Å². The monoisotopic (exact) mass is 297 g/mol. The molecule has 3 rings (SSSR count). The maximum atomic E-state index is 5.69. The summed E-state index contributed by atoms with van der Waals surface area (Å²) in [5.41, 5.74) is 1.92. The Kier molecular flexibility index (Phi) is 4.32. The van der Waals surface area contributed by atoms with Crippen LogP contribution in [0.5, 0.6) is 0 Å². The average Bonchev–Trinajstić information content (AvgIpc) is 3.18. The minimum absolute atomic E-state index is 0.366. The van der Waals surface area contributed by atoms with Gasteiger partial charge in [-0.3, -0.25) is 0 Å². The highest BCUT2D eigenvalue weighted by atomic mass is 16.5. The van der Waals surface area contributed by atoms with Gasteiger partial charge in [-0.1, -0.05) is 37.2 Å². The zero-order valence-electron chi connectivity index (χ0n) is 12.8. The zero-order valence-corrected chi connectivity index (χ0v) is 12.8. The van der Waals surface area contributed by atoms with Crippen LogP contribution in [0.25, 0.3) is 11.5 Å².